The van der Waals surface area contributed by atoms with Gasteiger partial charge in [0.2, 0.25) is 11.6 Å². The highest BCUT2D eigenvalue weighted by molar-refractivity contribution is 5.51. The molecular weight excluding hydrogens is 288 g/mol. The van der Waals surface area contributed by atoms with E-state index in [1.807, 2.05) is 23.1 Å². The molecule has 0 spiro atoms. The SMILES string of the molecule is N#Cc1nc(CCCc2ccccc2)oc1N1CCCC1C#N. The van der Waals surface area contributed by atoms with Gasteiger partial charge in [-0.05, 0) is 31.2 Å². The summed E-state index contributed by atoms with van der Waals surface area (Å²) in [6, 6.07) is 14.4. The van der Waals surface area contributed by atoms with Crippen molar-refractivity contribution in [3.05, 3.63) is 47.5 Å². The van der Waals surface area contributed by atoms with Crippen LogP contribution in [0, 0.1) is 22.7 Å². The zero-order valence-electron chi connectivity index (χ0n) is 12.9. The van der Waals surface area contributed by atoms with Crippen LogP contribution >= 0.6 is 0 Å². The molecule has 0 amide bonds. The Kier molecular flexibility index (Phi) is 4.59. The summed E-state index contributed by atoms with van der Waals surface area (Å²) in [5, 5.41) is 18.5. The topological polar surface area (TPSA) is 76.8 Å². The molecule has 23 heavy (non-hydrogen) atoms. The van der Waals surface area contributed by atoms with Crippen molar-refractivity contribution in [1.82, 2.24) is 4.98 Å². The van der Waals surface area contributed by atoms with E-state index >= 15 is 0 Å². The largest absolute Gasteiger partial charge is 0.424 e. The van der Waals surface area contributed by atoms with Crippen LogP contribution in [0.5, 0.6) is 0 Å². The Morgan fingerprint density at radius 3 is 2.78 bits per heavy atom. The number of nitrogens with zero attached hydrogens (tertiary/aromatic N) is 4. The highest BCUT2D eigenvalue weighted by atomic mass is 16.4. The van der Waals surface area contributed by atoms with Gasteiger partial charge in [-0.25, -0.2) is 4.98 Å². The summed E-state index contributed by atoms with van der Waals surface area (Å²) in [5.74, 6) is 1.04. The van der Waals surface area contributed by atoms with Gasteiger partial charge in [-0.15, -0.1) is 0 Å². The second-order valence-corrected chi connectivity index (χ2v) is 5.69. The van der Waals surface area contributed by atoms with E-state index in [1.54, 1.807) is 0 Å². The molecule has 0 bridgehead atoms. The minimum Gasteiger partial charge on any atom is -0.424 e. The van der Waals surface area contributed by atoms with Gasteiger partial charge in [0.25, 0.3) is 0 Å². The smallest absolute Gasteiger partial charge is 0.235 e. The Morgan fingerprint density at radius 1 is 1.22 bits per heavy atom. The van der Waals surface area contributed by atoms with Crippen molar-refractivity contribution in [2.45, 2.75) is 38.1 Å². The lowest BCUT2D eigenvalue weighted by molar-refractivity contribution is 0.480. The molecule has 1 aromatic carbocycles. The lowest BCUT2D eigenvalue weighted by atomic mass is 10.1. The van der Waals surface area contributed by atoms with Crippen LogP contribution in [0.3, 0.4) is 0 Å². The molecular formula is C18H18N4O. The van der Waals surface area contributed by atoms with Crippen LogP contribution in [0.1, 0.15) is 36.4 Å². The van der Waals surface area contributed by atoms with Crippen molar-refractivity contribution in [2.24, 2.45) is 0 Å². The first-order valence-corrected chi connectivity index (χ1v) is 7.92. The maximum Gasteiger partial charge on any atom is 0.235 e. The van der Waals surface area contributed by atoms with E-state index in [1.165, 1.54) is 5.56 Å². The molecule has 3 rings (SSSR count). The molecule has 116 valence electrons. The monoisotopic (exact) mass is 306 g/mol. The lowest BCUT2D eigenvalue weighted by Gasteiger charge is -2.17. The second kappa shape index (κ2) is 6.98. The predicted octanol–water partition coefficient (Wildman–Crippen LogP) is 3.21. The van der Waals surface area contributed by atoms with Crippen molar-refractivity contribution >= 4 is 5.88 Å². The molecule has 1 atom stereocenters. The quantitative estimate of drug-likeness (QED) is 0.847. The van der Waals surface area contributed by atoms with Gasteiger partial charge in [-0.1, -0.05) is 30.3 Å². The van der Waals surface area contributed by atoms with E-state index in [2.05, 4.69) is 29.3 Å². The number of anilines is 1. The fourth-order valence-electron chi connectivity index (χ4n) is 2.96. The van der Waals surface area contributed by atoms with Crippen molar-refractivity contribution in [1.29, 1.82) is 10.5 Å². The number of rotatable bonds is 5. The van der Waals surface area contributed by atoms with Crippen LogP contribution < -0.4 is 4.90 Å². The average molecular weight is 306 g/mol. The Bertz CT molecular complexity index is 739. The number of aryl methyl sites for hydroxylation is 2. The Morgan fingerprint density at radius 2 is 2.04 bits per heavy atom. The summed E-state index contributed by atoms with van der Waals surface area (Å²) in [4.78, 5) is 6.16. The zero-order valence-corrected chi connectivity index (χ0v) is 12.9. The normalized spacial score (nSPS) is 17.0. The molecule has 1 fully saturated rings. The number of aromatic nitrogens is 1. The summed E-state index contributed by atoms with van der Waals surface area (Å²) in [6.07, 6.45) is 4.30. The summed E-state index contributed by atoms with van der Waals surface area (Å²) in [5.41, 5.74) is 1.57. The number of hydrogen-bond acceptors (Lipinski definition) is 5. The number of benzene rings is 1. The van der Waals surface area contributed by atoms with Crippen LogP contribution in [0.25, 0.3) is 0 Å². The predicted molar refractivity (Wildman–Crippen MR) is 85.7 cm³/mol. The highest BCUT2D eigenvalue weighted by Gasteiger charge is 2.30. The molecule has 1 aliphatic heterocycles. The molecule has 2 heterocycles. The lowest BCUT2D eigenvalue weighted by Crippen LogP contribution is -2.27. The molecule has 0 saturated carbocycles. The maximum atomic E-state index is 9.27. The highest BCUT2D eigenvalue weighted by Crippen LogP contribution is 2.29. The molecule has 2 aromatic rings. The molecule has 0 radical (unpaired) electrons. The van der Waals surface area contributed by atoms with Crippen molar-refractivity contribution in [3.8, 4) is 12.1 Å². The Hall–Kier alpha value is -2.79. The van der Waals surface area contributed by atoms with Crippen molar-refractivity contribution in [2.75, 3.05) is 11.4 Å². The van der Waals surface area contributed by atoms with Crippen LogP contribution in [-0.4, -0.2) is 17.6 Å². The van der Waals surface area contributed by atoms with Gasteiger partial charge >= 0.3 is 0 Å². The summed E-state index contributed by atoms with van der Waals surface area (Å²) < 4.78 is 5.80. The molecule has 5 nitrogen and oxygen atoms in total. The molecule has 0 N–H and O–H groups in total. The molecule has 0 aliphatic carbocycles. The first kappa shape index (κ1) is 15.1. The number of hydrogen-bond donors (Lipinski definition) is 0. The van der Waals surface area contributed by atoms with Gasteiger partial charge < -0.3 is 9.32 Å². The first-order valence-electron chi connectivity index (χ1n) is 7.92. The minimum absolute atomic E-state index is 0.216. The van der Waals surface area contributed by atoms with Crippen molar-refractivity contribution in [3.63, 3.8) is 0 Å². The van der Waals surface area contributed by atoms with Gasteiger partial charge in [0.1, 0.15) is 12.1 Å². The van der Waals surface area contributed by atoms with Gasteiger partial charge in [0, 0.05) is 13.0 Å². The number of nitriles is 2. The van der Waals surface area contributed by atoms with E-state index in [0.29, 0.717) is 23.9 Å². The van der Waals surface area contributed by atoms with Crippen LogP contribution in [0.4, 0.5) is 5.88 Å². The Balaban J connectivity index is 1.67. The zero-order chi connectivity index (χ0) is 16.1. The Labute approximate surface area is 135 Å². The maximum absolute atomic E-state index is 9.27. The van der Waals surface area contributed by atoms with Gasteiger partial charge in [0.15, 0.2) is 5.89 Å². The third-order valence-corrected chi connectivity index (χ3v) is 4.12. The molecule has 1 saturated heterocycles. The summed E-state index contributed by atoms with van der Waals surface area (Å²) >= 11 is 0. The third-order valence-electron chi connectivity index (χ3n) is 4.12. The first-order chi connectivity index (χ1) is 11.3. The minimum atomic E-state index is -0.216. The van der Waals surface area contributed by atoms with E-state index in [0.717, 1.165) is 32.2 Å². The van der Waals surface area contributed by atoms with E-state index in [9.17, 15) is 10.5 Å². The van der Waals surface area contributed by atoms with E-state index < -0.39 is 0 Å². The van der Waals surface area contributed by atoms with Gasteiger partial charge in [0.05, 0.1) is 6.07 Å². The van der Waals surface area contributed by atoms with Crippen LogP contribution in [-0.2, 0) is 12.8 Å². The molecule has 1 aliphatic rings. The van der Waals surface area contributed by atoms with Gasteiger partial charge in [-0.3, -0.25) is 0 Å². The molecule has 1 unspecified atom stereocenters. The molecule has 1 aromatic heterocycles. The number of oxazole rings is 1. The van der Waals surface area contributed by atoms with Crippen LogP contribution in [0.2, 0.25) is 0 Å². The van der Waals surface area contributed by atoms with Crippen molar-refractivity contribution < 1.29 is 4.42 Å². The fourth-order valence-corrected chi connectivity index (χ4v) is 2.96. The average Bonchev–Trinajstić information content (AvgIpc) is 3.21. The van der Waals surface area contributed by atoms with Crippen LogP contribution in [0.15, 0.2) is 34.7 Å². The summed E-state index contributed by atoms with van der Waals surface area (Å²) in [6.45, 7) is 0.742. The van der Waals surface area contributed by atoms with E-state index in [4.69, 9.17) is 4.42 Å². The standard InChI is InChI=1S/C18H18N4O/c19-12-15-9-5-11-22(15)18-16(13-20)21-17(23-18)10-4-8-14-6-2-1-3-7-14/h1-3,6-7,15H,4-5,8-11H2. The van der Waals surface area contributed by atoms with Gasteiger partial charge in [-0.2, -0.15) is 10.5 Å². The molecule has 5 heteroatoms. The van der Waals surface area contributed by atoms with E-state index in [-0.39, 0.29) is 6.04 Å². The second-order valence-electron chi connectivity index (χ2n) is 5.69. The summed E-state index contributed by atoms with van der Waals surface area (Å²) in [7, 11) is 0. The fraction of sp³-hybridized carbons (Fsp3) is 0.389. The third kappa shape index (κ3) is 3.35.